The van der Waals surface area contributed by atoms with Gasteiger partial charge in [0.2, 0.25) is 0 Å². The molecule has 5 fully saturated rings. The van der Waals surface area contributed by atoms with Crippen molar-refractivity contribution in [1.82, 2.24) is 39.6 Å². The first-order valence-corrected chi connectivity index (χ1v) is 45.2. The molecule has 15 rings (SSSR count). The highest BCUT2D eigenvalue weighted by Crippen LogP contribution is 2.38. The van der Waals surface area contributed by atoms with E-state index in [4.69, 9.17) is 19.9 Å². The number of nitrogens with one attached hydrogen (secondary N) is 1. The van der Waals surface area contributed by atoms with Crippen molar-refractivity contribution in [3.05, 3.63) is 177 Å². The molecule has 5 aromatic rings. The normalized spacial score (nSPS) is 19.4. The van der Waals surface area contributed by atoms with Crippen molar-refractivity contribution in [3.8, 4) is 0 Å². The number of likely N-dealkylation sites (N-methyl/N-ethyl adjacent to an activating group) is 3. The lowest BCUT2D eigenvalue weighted by molar-refractivity contribution is -0.115. The third-order valence-electron chi connectivity index (χ3n) is 25.0. The maximum absolute atomic E-state index is 13.0. The number of carbonyl (C=O) groups is 15. The summed E-state index contributed by atoms with van der Waals surface area (Å²) in [6, 6.07) is 30.6. The van der Waals surface area contributed by atoms with Crippen molar-refractivity contribution in [2.75, 3.05) is 60.5 Å². The van der Waals surface area contributed by atoms with Crippen molar-refractivity contribution in [2.24, 2.45) is 35.3 Å². The van der Waals surface area contributed by atoms with Crippen LogP contribution < -0.4 is 11.1 Å². The Morgan fingerprint density at radius 2 is 0.721 bits per heavy atom. The van der Waals surface area contributed by atoms with Crippen molar-refractivity contribution in [3.63, 3.8) is 0 Å². The molecule has 31 heteroatoms. The largest absolute Gasteiger partial charge is 0.444 e. The van der Waals surface area contributed by atoms with Gasteiger partial charge in [0.05, 0.1) is 111 Å². The van der Waals surface area contributed by atoms with Gasteiger partial charge < -0.3 is 69.9 Å². The van der Waals surface area contributed by atoms with Crippen LogP contribution in [0.1, 0.15) is 287 Å². The van der Waals surface area contributed by atoms with E-state index >= 15 is 0 Å². The molecule has 0 aromatic heterocycles. The number of benzene rings is 5. The van der Waals surface area contributed by atoms with Crippen molar-refractivity contribution in [1.29, 1.82) is 0 Å². The van der Waals surface area contributed by atoms with Gasteiger partial charge in [-0.25, -0.2) is 9.59 Å². The molecule has 129 heavy (non-hydrogen) atoms. The summed E-state index contributed by atoms with van der Waals surface area (Å²) >= 11 is 0. The molecule has 0 spiro atoms. The Kier molecular flexibility index (Phi) is 37.1. The predicted molar refractivity (Wildman–Crippen MR) is 479 cm³/mol. The van der Waals surface area contributed by atoms with Gasteiger partial charge in [0.1, 0.15) is 36.1 Å². The molecule has 7 N–H and O–H groups in total. The number of amides is 12. The Hall–Kier alpha value is -10.9. The number of aldehydes is 3. The number of aliphatic hydroxyl groups excluding tert-OH is 4. The number of nitrogens with zero attached hydrogens (tertiary/aromatic N) is 7. The molecule has 10 aliphatic rings. The van der Waals surface area contributed by atoms with E-state index in [1.807, 2.05) is 34.6 Å². The lowest BCUT2D eigenvalue weighted by Crippen LogP contribution is -2.55. The Morgan fingerprint density at radius 3 is 1.02 bits per heavy atom. The fourth-order valence-corrected chi connectivity index (χ4v) is 18.3. The first kappa shape index (κ1) is 102. The minimum atomic E-state index is -1.10. The first-order valence-electron chi connectivity index (χ1n) is 45.2. The van der Waals surface area contributed by atoms with Crippen LogP contribution in [0.2, 0.25) is 0 Å². The Bertz CT molecular complexity index is 4610. The van der Waals surface area contributed by atoms with Gasteiger partial charge >= 0.3 is 12.2 Å². The Labute approximate surface area is 755 Å². The molecule has 12 amide bonds. The third kappa shape index (κ3) is 25.6. The molecule has 1 unspecified atom stereocenters. The first-order chi connectivity index (χ1) is 61.4. The van der Waals surface area contributed by atoms with Crippen LogP contribution >= 0.6 is 0 Å². The van der Waals surface area contributed by atoms with Gasteiger partial charge in [0.25, 0.3) is 59.1 Å². The van der Waals surface area contributed by atoms with Crippen LogP contribution in [-0.4, -0.2) is 271 Å². The van der Waals surface area contributed by atoms with Crippen LogP contribution in [0.5, 0.6) is 0 Å². The number of carbonyl (C=O) groups excluding carboxylic acids is 15. The molecule has 5 aliphatic carbocycles. The summed E-state index contributed by atoms with van der Waals surface area (Å²) in [6.45, 7) is 16.0. The highest BCUT2D eigenvalue weighted by molar-refractivity contribution is 6.25. The molecular weight excluding hydrogens is 1660 g/mol. The zero-order chi connectivity index (χ0) is 94.3. The van der Waals surface area contributed by atoms with Crippen molar-refractivity contribution < 1.29 is 107 Å². The van der Waals surface area contributed by atoms with Gasteiger partial charge in [-0.1, -0.05) is 125 Å². The smallest absolute Gasteiger partial charge is 0.410 e. The van der Waals surface area contributed by atoms with E-state index in [9.17, 15) is 92.3 Å². The molecule has 5 saturated carbocycles. The lowest BCUT2D eigenvalue weighted by Gasteiger charge is -2.36. The standard InChI is InChI=1S/C22H30N2O5.C17H22N2O3.C16H17NO4.C14H28N2O3.C13H15NO3.C10H7NO3.C6H10O/c1-22(2,3)29-21(28)23(4)13-17(18(25)14-9-5-6-10-14)24-19(26)15-11-7-8-12-16(15)20(24)27;1-18-10-14(15(20)11-6-2-3-7-11)19-16(21)12-8-4-5-9-13(12)17(19)22;18-9-13(14(19)10-5-1-2-6-10)17-15(20)11-7-3-4-8-12(11)16(17)21;1-14(2,3)19-13(18)16(4)9-11(15)12(17)10-7-5-6-8-10;1-3-17-9(2)8-14-12(15)10-6-4-5-7-11(10)13(14)16;12-6-5-11-9(13)7-3-1-2-4-8(7)10(11)14;7-5-6-3-1-2-4-6/h7-8,11-12,14,17-18,25H,5-6,9-10,13H2,1-4H3;4-5,8-9,11,14-15,18,20H,2-3,6-7,10H2,1H3;3-4,7-10,13-14,19H,1-2,5-6H2;10-12,17H,5-9,15H2,1-4H3;4-7,9H,3,8H2,1-2H3;1-4,6H,5H2;5-6H,1-4H2/t17-,18+;14-,15+;13-,14+;11-,12+;;;/m1111.../s1. The minimum absolute atomic E-state index is 0.00338. The van der Waals surface area contributed by atoms with Gasteiger partial charge in [-0.15, -0.1) is 0 Å². The van der Waals surface area contributed by atoms with Crippen molar-refractivity contribution >= 4 is 90.1 Å². The van der Waals surface area contributed by atoms with E-state index in [2.05, 4.69) is 5.32 Å². The average molecular weight is 1790 g/mol. The predicted octanol–water partition coefficient (Wildman–Crippen LogP) is 11.2. The minimum Gasteiger partial charge on any atom is -0.444 e. The summed E-state index contributed by atoms with van der Waals surface area (Å²) in [6.07, 6.45) is 18.7. The molecule has 0 bridgehead atoms. The fraction of sp³-hybridized carbons (Fsp3) is 0.541. The van der Waals surface area contributed by atoms with E-state index in [1.165, 1.54) is 32.4 Å². The SMILES string of the molecule is CCOC(C)CN1C(=O)c2ccccc2C1=O.CN(C[C@@H](N)[C@@H](O)C1CCCC1)C(=O)OC(C)(C)C.CN(C[C@H]([C@@H](O)C1CCCC1)N1C(=O)c2ccccc2C1=O)C(=O)OC(C)(C)C.CNC[C@H]([C@@H](O)C1CCCC1)N1C(=O)c2ccccc2C1=O.O=CC1CCCC1.O=CCN1C(=O)c2ccccc2C1=O.O=C[C@H]([C@@H](O)C1CCCC1)N1C(=O)c2ccccc2C1=O. The van der Waals surface area contributed by atoms with E-state index in [1.54, 1.807) is 163 Å². The number of rotatable bonds is 25. The Morgan fingerprint density at radius 1 is 0.434 bits per heavy atom. The Balaban J connectivity index is 0.000000174. The average Bonchev–Trinajstić information content (AvgIpc) is 1.61. The second-order valence-corrected chi connectivity index (χ2v) is 36.6. The highest BCUT2D eigenvalue weighted by Gasteiger charge is 2.49. The maximum atomic E-state index is 13.0. The zero-order valence-corrected chi connectivity index (χ0v) is 76.1. The summed E-state index contributed by atoms with van der Waals surface area (Å²) in [5.74, 6) is -2.82. The van der Waals surface area contributed by atoms with Gasteiger partial charge in [-0.2, -0.15) is 0 Å². The molecule has 9 atom stereocenters. The van der Waals surface area contributed by atoms with Gasteiger partial charge in [-0.05, 0) is 211 Å². The number of fused-ring (bicyclic) bond motifs is 5. The molecule has 698 valence electrons. The van der Waals surface area contributed by atoms with Gasteiger partial charge in [0, 0.05) is 52.3 Å². The van der Waals surface area contributed by atoms with E-state index in [0.717, 1.165) is 137 Å². The fourth-order valence-electron chi connectivity index (χ4n) is 18.3. The van der Waals surface area contributed by atoms with Crippen LogP contribution in [0.15, 0.2) is 121 Å². The number of ether oxygens (including phenoxy) is 3. The number of imide groups is 5. The second-order valence-electron chi connectivity index (χ2n) is 36.6. The monoisotopic (exact) mass is 1780 g/mol. The summed E-state index contributed by atoms with van der Waals surface area (Å²) < 4.78 is 16.0. The molecule has 0 saturated heterocycles. The molecule has 0 radical (unpaired) electrons. The number of hydrogen-bond acceptors (Lipinski definition) is 24. The summed E-state index contributed by atoms with van der Waals surface area (Å²) in [7, 11) is 4.97. The van der Waals surface area contributed by atoms with E-state index < -0.39 is 107 Å². The zero-order valence-electron chi connectivity index (χ0n) is 76.1. The topological polar surface area (TPSA) is 425 Å². The van der Waals surface area contributed by atoms with Crippen LogP contribution in [0, 0.1) is 29.6 Å². The van der Waals surface area contributed by atoms with Crippen LogP contribution in [-0.2, 0) is 28.6 Å². The molecule has 5 aliphatic heterocycles. The number of aliphatic hydroxyl groups is 4. The quantitative estimate of drug-likeness (QED) is 0.0233. The van der Waals surface area contributed by atoms with Crippen LogP contribution in [0.4, 0.5) is 9.59 Å². The van der Waals surface area contributed by atoms with Gasteiger partial charge in [-0.3, -0.25) is 72.4 Å². The summed E-state index contributed by atoms with van der Waals surface area (Å²) in [5, 5.41) is 45.4. The number of nitrogens with two attached hydrogens (primary N) is 1. The number of hydrogen-bond donors (Lipinski definition) is 6. The van der Waals surface area contributed by atoms with E-state index in [-0.39, 0.29) is 66.5 Å². The highest BCUT2D eigenvalue weighted by atomic mass is 16.6. The van der Waals surface area contributed by atoms with Crippen molar-refractivity contribution in [2.45, 2.75) is 250 Å². The molecule has 5 aromatic carbocycles. The van der Waals surface area contributed by atoms with Crippen LogP contribution in [0.3, 0.4) is 0 Å². The lowest BCUT2D eigenvalue weighted by atomic mass is 9.93. The summed E-state index contributed by atoms with van der Waals surface area (Å²) in [4.78, 5) is 187. The van der Waals surface area contributed by atoms with Crippen LogP contribution in [0.25, 0.3) is 0 Å². The molecule has 31 nitrogen and oxygen atoms in total. The van der Waals surface area contributed by atoms with E-state index in [0.29, 0.717) is 100 Å². The molecular formula is C98H129N9O22. The molecule has 5 heterocycles. The third-order valence-corrected chi connectivity index (χ3v) is 25.0. The second kappa shape index (κ2) is 47.1. The van der Waals surface area contributed by atoms with Gasteiger partial charge in [0.15, 0.2) is 0 Å². The summed E-state index contributed by atoms with van der Waals surface area (Å²) in [5.41, 5.74) is 8.68. The maximum Gasteiger partial charge on any atom is 0.410 e.